The minimum absolute atomic E-state index is 0.0173. The predicted molar refractivity (Wildman–Crippen MR) is 120 cm³/mol. The molecule has 0 aliphatic carbocycles. The average molecular weight is 455 g/mol. The fraction of sp³-hybridized carbons (Fsp3) is 0.318. The molecule has 2 fully saturated rings. The van der Waals surface area contributed by atoms with Gasteiger partial charge in [-0.2, -0.15) is 0 Å². The lowest BCUT2D eigenvalue weighted by Gasteiger charge is -2.27. The Morgan fingerprint density at radius 2 is 1.84 bits per heavy atom. The number of carbonyl (C=O) groups excluding carboxylic acids is 3. The van der Waals surface area contributed by atoms with Crippen LogP contribution in [-0.4, -0.2) is 56.0 Å². The Morgan fingerprint density at radius 1 is 1.09 bits per heavy atom. The van der Waals surface area contributed by atoms with Crippen LogP contribution >= 0.6 is 11.8 Å². The van der Waals surface area contributed by atoms with Gasteiger partial charge in [-0.3, -0.25) is 29.4 Å². The third kappa shape index (κ3) is 4.59. The molecule has 1 aromatic carbocycles. The van der Waals surface area contributed by atoms with Gasteiger partial charge in [0.05, 0.1) is 16.4 Å². The fourth-order valence-electron chi connectivity index (χ4n) is 3.86. The molecule has 4 rings (SSSR count). The van der Waals surface area contributed by atoms with Gasteiger partial charge in [0, 0.05) is 36.6 Å². The first-order chi connectivity index (χ1) is 15.4. The molecule has 2 saturated heterocycles. The number of likely N-dealkylation sites (tertiary alicyclic amines) is 1. The van der Waals surface area contributed by atoms with Crippen molar-refractivity contribution in [1.29, 1.82) is 0 Å². The lowest BCUT2D eigenvalue weighted by molar-refractivity contribution is -0.385. The minimum atomic E-state index is -0.496. The molecular formula is C22H22N4O5S. The van der Waals surface area contributed by atoms with Crippen molar-refractivity contribution < 1.29 is 19.3 Å². The molecule has 9 nitrogen and oxygen atoms in total. The van der Waals surface area contributed by atoms with Gasteiger partial charge in [-0.1, -0.05) is 18.2 Å². The summed E-state index contributed by atoms with van der Waals surface area (Å²) in [5, 5.41) is 10.8. The second-order valence-electron chi connectivity index (χ2n) is 7.66. The largest absolute Gasteiger partial charge is 0.343 e. The molecule has 0 saturated carbocycles. The molecule has 2 aliphatic rings. The molecule has 0 atom stereocenters. The van der Waals surface area contributed by atoms with Crippen LogP contribution in [0.4, 0.5) is 10.5 Å². The summed E-state index contributed by atoms with van der Waals surface area (Å²) in [7, 11) is 0. The molecule has 1 aromatic heterocycles. The van der Waals surface area contributed by atoms with E-state index in [1.54, 1.807) is 52.1 Å². The fourth-order valence-corrected chi connectivity index (χ4v) is 4.68. The number of nitro groups is 1. The van der Waals surface area contributed by atoms with Crippen molar-refractivity contribution in [2.45, 2.75) is 25.8 Å². The van der Waals surface area contributed by atoms with E-state index in [9.17, 15) is 24.5 Å². The van der Waals surface area contributed by atoms with E-state index < -0.39 is 16.1 Å². The summed E-state index contributed by atoms with van der Waals surface area (Å²) < 4.78 is 1.77. The molecule has 0 N–H and O–H groups in total. The van der Waals surface area contributed by atoms with Crippen LogP contribution in [-0.2, 0) is 16.1 Å². The molecule has 166 valence electrons. The standard InChI is InChI=1S/C22H22N4O5S/c27-20(23-10-4-1-5-11-23)15-25-21(28)19(32-22(25)29)13-17-8-6-12-24(17)14-16-7-2-3-9-18(16)26(30)31/h2-3,6-9,12-13H,1,4-5,10-11,14-15H2/b19-13+. The van der Waals surface area contributed by atoms with Crippen LogP contribution in [0, 0.1) is 10.1 Å². The quantitative estimate of drug-likeness (QED) is 0.376. The van der Waals surface area contributed by atoms with E-state index in [4.69, 9.17) is 0 Å². The number of amides is 3. The predicted octanol–water partition coefficient (Wildman–Crippen LogP) is 3.49. The first-order valence-electron chi connectivity index (χ1n) is 10.3. The van der Waals surface area contributed by atoms with E-state index in [-0.39, 0.29) is 29.6 Å². The third-order valence-electron chi connectivity index (χ3n) is 5.55. The Bertz CT molecular complexity index is 1100. The number of hydrogen-bond acceptors (Lipinski definition) is 6. The lowest BCUT2D eigenvalue weighted by Crippen LogP contribution is -2.44. The molecule has 3 amide bonds. The summed E-state index contributed by atoms with van der Waals surface area (Å²) in [5.41, 5.74) is 1.18. The molecule has 2 aliphatic heterocycles. The van der Waals surface area contributed by atoms with Crippen LogP contribution in [0.1, 0.15) is 30.5 Å². The van der Waals surface area contributed by atoms with E-state index in [0.29, 0.717) is 24.3 Å². The maximum atomic E-state index is 12.8. The zero-order valence-electron chi connectivity index (χ0n) is 17.3. The zero-order chi connectivity index (χ0) is 22.7. The number of carbonyl (C=O) groups is 3. The number of benzene rings is 1. The normalized spacial score (nSPS) is 17.9. The Hall–Kier alpha value is -3.40. The smallest absolute Gasteiger partial charge is 0.294 e. The van der Waals surface area contributed by atoms with Gasteiger partial charge in [-0.15, -0.1) is 0 Å². The van der Waals surface area contributed by atoms with E-state index in [1.807, 2.05) is 0 Å². The van der Waals surface area contributed by atoms with Gasteiger partial charge in [-0.25, -0.2) is 0 Å². The number of aromatic nitrogens is 1. The highest BCUT2D eigenvalue weighted by atomic mass is 32.2. The Kier molecular flexibility index (Phi) is 6.40. The molecule has 0 unspecified atom stereocenters. The van der Waals surface area contributed by atoms with Crippen LogP contribution in [0.5, 0.6) is 0 Å². The molecular weight excluding hydrogens is 432 g/mol. The third-order valence-corrected chi connectivity index (χ3v) is 6.46. The van der Waals surface area contributed by atoms with Gasteiger partial charge < -0.3 is 9.47 Å². The van der Waals surface area contributed by atoms with E-state index in [0.717, 1.165) is 35.9 Å². The molecule has 2 aromatic rings. The molecule has 0 spiro atoms. The zero-order valence-corrected chi connectivity index (χ0v) is 18.1. The first-order valence-corrected chi connectivity index (χ1v) is 11.2. The molecule has 3 heterocycles. The maximum Gasteiger partial charge on any atom is 0.294 e. The molecule has 0 radical (unpaired) electrons. The number of para-hydroxylation sites is 1. The van der Waals surface area contributed by atoms with Crippen molar-refractivity contribution in [3.8, 4) is 0 Å². The summed E-state index contributed by atoms with van der Waals surface area (Å²) in [6.07, 6.45) is 6.30. The van der Waals surface area contributed by atoms with Crippen molar-refractivity contribution in [2.75, 3.05) is 19.6 Å². The molecule has 10 heteroatoms. The Balaban J connectivity index is 1.50. The topological polar surface area (TPSA) is 106 Å². The van der Waals surface area contributed by atoms with Crippen LogP contribution in [0.2, 0.25) is 0 Å². The van der Waals surface area contributed by atoms with Gasteiger partial charge in [0.25, 0.3) is 16.8 Å². The van der Waals surface area contributed by atoms with Crippen LogP contribution < -0.4 is 0 Å². The number of nitro benzene ring substituents is 1. The van der Waals surface area contributed by atoms with E-state index >= 15 is 0 Å². The number of nitrogens with zero attached hydrogens (tertiary/aromatic N) is 4. The number of thioether (sulfide) groups is 1. The van der Waals surface area contributed by atoms with Crippen molar-refractivity contribution in [3.63, 3.8) is 0 Å². The van der Waals surface area contributed by atoms with Crippen LogP contribution in [0.3, 0.4) is 0 Å². The summed E-state index contributed by atoms with van der Waals surface area (Å²) in [5.74, 6) is -0.711. The number of imide groups is 1. The Morgan fingerprint density at radius 3 is 2.59 bits per heavy atom. The van der Waals surface area contributed by atoms with Gasteiger partial charge >= 0.3 is 0 Å². The summed E-state index contributed by atoms with van der Waals surface area (Å²) in [4.78, 5) is 51.5. The van der Waals surface area contributed by atoms with Gasteiger partial charge in [0.1, 0.15) is 6.54 Å². The van der Waals surface area contributed by atoms with Crippen LogP contribution in [0.15, 0.2) is 47.5 Å². The van der Waals surface area contributed by atoms with Gasteiger partial charge in [0.15, 0.2) is 0 Å². The Labute approximate surface area is 188 Å². The second-order valence-corrected chi connectivity index (χ2v) is 8.65. The van der Waals surface area contributed by atoms with E-state index in [1.165, 1.54) is 6.07 Å². The summed E-state index contributed by atoms with van der Waals surface area (Å²) in [6.45, 7) is 1.31. The van der Waals surface area contributed by atoms with E-state index in [2.05, 4.69) is 0 Å². The highest BCUT2D eigenvalue weighted by molar-refractivity contribution is 8.18. The van der Waals surface area contributed by atoms with Gasteiger partial charge in [0.2, 0.25) is 5.91 Å². The monoisotopic (exact) mass is 454 g/mol. The molecule has 0 bridgehead atoms. The van der Waals surface area contributed by atoms with Crippen molar-refractivity contribution in [1.82, 2.24) is 14.4 Å². The van der Waals surface area contributed by atoms with Crippen molar-refractivity contribution in [2.24, 2.45) is 0 Å². The van der Waals surface area contributed by atoms with Crippen LogP contribution in [0.25, 0.3) is 6.08 Å². The maximum absolute atomic E-state index is 12.8. The van der Waals surface area contributed by atoms with Gasteiger partial charge in [-0.05, 0) is 49.2 Å². The SMILES string of the molecule is O=C(CN1C(=O)S/C(=C/c2cccn2Cc2ccccc2[N+](=O)[O-])C1=O)N1CCCCC1. The minimum Gasteiger partial charge on any atom is -0.343 e. The highest BCUT2D eigenvalue weighted by Crippen LogP contribution is 2.32. The number of rotatable bonds is 6. The summed E-state index contributed by atoms with van der Waals surface area (Å²) >= 11 is 0.798. The van der Waals surface area contributed by atoms with Crippen molar-refractivity contribution >= 4 is 40.6 Å². The van der Waals surface area contributed by atoms with Crippen molar-refractivity contribution in [3.05, 3.63) is 68.9 Å². The second kappa shape index (κ2) is 9.39. The molecule has 32 heavy (non-hydrogen) atoms. The number of piperidine rings is 1. The first kappa shape index (κ1) is 21.8. The highest BCUT2D eigenvalue weighted by Gasteiger charge is 2.37. The lowest BCUT2D eigenvalue weighted by atomic mass is 10.1. The average Bonchev–Trinajstić information content (AvgIpc) is 3.33. The number of hydrogen-bond donors (Lipinski definition) is 0. The summed E-state index contributed by atoms with van der Waals surface area (Å²) in [6, 6.07) is 10.0.